The summed E-state index contributed by atoms with van der Waals surface area (Å²) in [4.78, 5) is 14.2. The molecule has 4 nitrogen and oxygen atoms in total. The molecule has 2 aliphatic carbocycles. The predicted molar refractivity (Wildman–Crippen MR) is 75.5 cm³/mol. The lowest BCUT2D eigenvalue weighted by molar-refractivity contribution is -0.139. The summed E-state index contributed by atoms with van der Waals surface area (Å²) in [5.41, 5.74) is 5.43. The predicted octanol–water partition coefficient (Wildman–Crippen LogP) is 1.51. The summed E-state index contributed by atoms with van der Waals surface area (Å²) in [6.07, 6.45) is 6.57. The van der Waals surface area contributed by atoms with Gasteiger partial charge in [0.2, 0.25) is 5.91 Å². The molecule has 0 heterocycles. The van der Waals surface area contributed by atoms with Crippen molar-refractivity contribution in [1.29, 1.82) is 0 Å². The Hall–Kier alpha value is -0.610. The molecule has 3 N–H and O–H groups in total. The van der Waals surface area contributed by atoms with Gasteiger partial charge in [-0.1, -0.05) is 19.8 Å². The minimum Gasteiger partial charge on any atom is -0.388 e. The van der Waals surface area contributed by atoms with Gasteiger partial charge in [-0.15, -0.1) is 0 Å². The van der Waals surface area contributed by atoms with Crippen LogP contribution < -0.4 is 5.73 Å². The van der Waals surface area contributed by atoms with Crippen molar-refractivity contribution >= 4 is 5.91 Å². The van der Waals surface area contributed by atoms with E-state index in [0.717, 1.165) is 44.9 Å². The average molecular weight is 268 g/mol. The summed E-state index contributed by atoms with van der Waals surface area (Å²) in [6.45, 7) is 2.64. The van der Waals surface area contributed by atoms with Crippen LogP contribution >= 0.6 is 0 Å². The van der Waals surface area contributed by atoms with Crippen LogP contribution in [0.25, 0.3) is 0 Å². The number of carbonyl (C=O) groups excluding carboxylic acids is 1. The third-order valence-corrected chi connectivity index (χ3v) is 5.05. The molecule has 0 aromatic heterocycles. The number of nitrogens with two attached hydrogens (primary N) is 1. The number of nitrogens with zero attached hydrogens (tertiary/aromatic N) is 1. The highest BCUT2D eigenvalue weighted by atomic mass is 16.3. The molecule has 3 unspecified atom stereocenters. The molecular weight excluding hydrogens is 240 g/mol. The van der Waals surface area contributed by atoms with Crippen LogP contribution in [0.2, 0.25) is 0 Å². The summed E-state index contributed by atoms with van der Waals surface area (Å²) in [5, 5.41) is 10.4. The van der Waals surface area contributed by atoms with E-state index >= 15 is 0 Å². The van der Waals surface area contributed by atoms with Crippen LogP contribution in [-0.4, -0.2) is 41.1 Å². The first kappa shape index (κ1) is 14.8. The molecule has 3 atom stereocenters. The second kappa shape index (κ2) is 5.80. The van der Waals surface area contributed by atoms with Crippen LogP contribution in [0.15, 0.2) is 0 Å². The monoisotopic (exact) mass is 268 g/mol. The molecule has 110 valence electrons. The van der Waals surface area contributed by atoms with Gasteiger partial charge in [0.05, 0.1) is 5.60 Å². The third-order valence-electron chi connectivity index (χ3n) is 5.05. The summed E-state index contributed by atoms with van der Waals surface area (Å²) in [7, 11) is 1.82. The van der Waals surface area contributed by atoms with Gasteiger partial charge in [0.15, 0.2) is 0 Å². The number of amides is 1. The molecule has 0 radical (unpaired) electrons. The Balaban J connectivity index is 1.88. The molecule has 4 heteroatoms. The molecule has 0 aromatic carbocycles. The highest BCUT2D eigenvalue weighted by Gasteiger charge is 2.36. The molecule has 0 aliphatic heterocycles. The molecule has 0 saturated heterocycles. The first-order valence-electron chi connectivity index (χ1n) is 7.64. The van der Waals surface area contributed by atoms with Crippen molar-refractivity contribution in [3.63, 3.8) is 0 Å². The van der Waals surface area contributed by atoms with Crippen LogP contribution in [0.1, 0.15) is 51.9 Å². The highest BCUT2D eigenvalue weighted by Crippen LogP contribution is 2.32. The number of hydrogen-bond acceptors (Lipinski definition) is 3. The Morgan fingerprint density at radius 3 is 2.58 bits per heavy atom. The normalized spacial score (nSPS) is 34.2. The molecule has 2 fully saturated rings. The lowest BCUT2D eigenvalue weighted by atomic mass is 9.79. The van der Waals surface area contributed by atoms with E-state index in [0.29, 0.717) is 12.5 Å². The lowest BCUT2D eigenvalue weighted by Gasteiger charge is -2.35. The van der Waals surface area contributed by atoms with Crippen molar-refractivity contribution in [2.24, 2.45) is 17.6 Å². The van der Waals surface area contributed by atoms with Gasteiger partial charge < -0.3 is 15.7 Å². The Bertz CT molecular complexity index is 326. The minimum atomic E-state index is -0.644. The zero-order chi connectivity index (χ0) is 14.0. The molecule has 1 amide bonds. The van der Waals surface area contributed by atoms with Crippen LogP contribution in [-0.2, 0) is 4.79 Å². The summed E-state index contributed by atoms with van der Waals surface area (Å²) < 4.78 is 0. The van der Waals surface area contributed by atoms with Crippen LogP contribution in [0, 0.1) is 11.8 Å². The van der Waals surface area contributed by atoms with E-state index in [-0.39, 0.29) is 17.9 Å². The van der Waals surface area contributed by atoms with Crippen molar-refractivity contribution in [1.82, 2.24) is 4.90 Å². The average Bonchev–Trinajstić information content (AvgIpc) is 2.78. The fourth-order valence-corrected chi connectivity index (χ4v) is 3.60. The smallest absolute Gasteiger partial charge is 0.225 e. The van der Waals surface area contributed by atoms with E-state index < -0.39 is 5.60 Å². The summed E-state index contributed by atoms with van der Waals surface area (Å²) in [6, 6.07) is 0.144. The van der Waals surface area contributed by atoms with Gasteiger partial charge in [0, 0.05) is 25.6 Å². The minimum absolute atomic E-state index is 0.0567. The van der Waals surface area contributed by atoms with Crippen LogP contribution in [0.3, 0.4) is 0 Å². The second-order valence-electron chi connectivity index (χ2n) is 6.78. The van der Waals surface area contributed by atoms with E-state index in [2.05, 4.69) is 6.92 Å². The van der Waals surface area contributed by atoms with Gasteiger partial charge in [-0.05, 0) is 38.0 Å². The van der Waals surface area contributed by atoms with Crippen molar-refractivity contribution < 1.29 is 9.90 Å². The first-order valence-corrected chi connectivity index (χ1v) is 7.64. The first-order chi connectivity index (χ1) is 8.91. The van der Waals surface area contributed by atoms with Gasteiger partial charge in [-0.25, -0.2) is 0 Å². The number of hydrogen-bond donors (Lipinski definition) is 2. The van der Waals surface area contributed by atoms with Crippen LogP contribution in [0.5, 0.6) is 0 Å². The van der Waals surface area contributed by atoms with Crippen molar-refractivity contribution in [2.75, 3.05) is 13.6 Å². The Morgan fingerprint density at radius 1 is 1.37 bits per heavy atom. The van der Waals surface area contributed by atoms with E-state index in [1.54, 1.807) is 4.90 Å². The lowest BCUT2D eigenvalue weighted by Crippen LogP contribution is -2.47. The van der Waals surface area contributed by atoms with Gasteiger partial charge in [-0.3, -0.25) is 4.79 Å². The fourth-order valence-electron chi connectivity index (χ4n) is 3.60. The fraction of sp³-hybridized carbons (Fsp3) is 0.933. The maximum atomic E-state index is 12.4. The molecular formula is C15H28N2O2. The van der Waals surface area contributed by atoms with Gasteiger partial charge >= 0.3 is 0 Å². The van der Waals surface area contributed by atoms with Crippen LogP contribution in [0.4, 0.5) is 0 Å². The van der Waals surface area contributed by atoms with Gasteiger partial charge in [-0.2, -0.15) is 0 Å². The highest BCUT2D eigenvalue weighted by molar-refractivity contribution is 5.78. The topological polar surface area (TPSA) is 66.6 Å². The quantitative estimate of drug-likeness (QED) is 0.815. The van der Waals surface area contributed by atoms with Crippen molar-refractivity contribution in [2.45, 2.75) is 63.5 Å². The standard InChI is InChI=1S/C15H28N2O2/c1-11-5-6-12(9-13(11)16)14(18)17(2)10-15(19)7-3-4-8-15/h11-13,19H,3-10,16H2,1-2H3. The summed E-state index contributed by atoms with van der Waals surface area (Å²) in [5.74, 6) is 0.747. The summed E-state index contributed by atoms with van der Waals surface area (Å²) >= 11 is 0. The van der Waals surface area contributed by atoms with E-state index in [1.807, 2.05) is 7.05 Å². The molecule has 0 aromatic rings. The molecule has 2 saturated carbocycles. The van der Waals surface area contributed by atoms with E-state index in [1.165, 1.54) is 0 Å². The second-order valence-corrected chi connectivity index (χ2v) is 6.78. The molecule has 2 aliphatic rings. The number of carbonyl (C=O) groups is 1. The molecule has 19 heavy (non-hydrogen) atoms. The zero-order valence-corrected chi connectivity index (χ0v) is 12.3. The van der Waals surface area contributed by atoms with Gasteiger partial charge in [0.1, 0.15) is 0 Å². The Labute approximate surface area is 116 Å². The van der Waals surface area contributed by atoms with Gasteiger partial charge in [0.25, 0.3) is 0 Å². The number of likely N-dealkylation sites (N-methyl/N-ethyl adjacent to an activating group) is 1. The van der Waals surface area contributed by atoms with E-state index in [9.17, 15) is 9.90 Å². The third kappa shape index (κ3) is 3.48. The molecule has 2 rings (SSSR count). The number of aliphatic hydroxyl groups is 1. The Morgan fingerprint density at radius 2 is 2.00 bits per heavy atom. The molecule has 0 spiro atoms. The SMILES string of the molecule is CC1CCC(C(=O)N(C)CC2(O)CCCC2)CC1N. The maximum absolute atomic E-state index is 12.4. The molecule has 0 bridgehead atoms. The number of rotatable bonds is 3. The van der Waals surface area contributed by atoms with Crippen molar-refractivity contribution in [3.8, 4) is 0 Å². The van der Waals surface area contributed by atoms with E-state index in [4.69, 9.17) is 5.73 Å². The zero-order valence-electron chi connectivity index (χ0n) is 12.3. The maximum Gasteiger partial charge on any atom is 0.225 e. The van der Waals surface area contributed by atoms with Crippen molar-refractivity contribution in [3.05, 3.63) is 0 Å². The largest absolute Gasteiger partial charge is 0.388 e. The Kier molecular flexibility index (Phi) is 4.51.